The van der Waals surface area contributed by atoms with Crippen LogP contribution in [0.2, 0.25) is 0 Å². The largest absolute Gasteiger partial charge is 0.467 e. The van der Waals surface area contributed by atoms with Crippen molar-refractivity contribution in [1.82, 2.24) is 4.90 Å². The number of ether oxygens (including phenoxy) is 2. The molecule has 0 radical (unpaired) electrons. The number of carbonyl (C=O) groups is 1. The Kier molecular flexibility index (Phi) is 4.98. The lowest BCUT2D eigenvalue weighted by Crippen LogP contribution is -2.57. The van der Waals surface area contributed by atoms with Crippen LogP contribution in [0.1, 0.15) is 19.4 Å². The van der Waals surface area contributed by atoms with Crippen molar-refractivity contribution >= 4 is 5.97 Å². The Morgan fingerprint density at radius 1 is 1.33 bits per heavy atom. The van der Waals surface area contributed by atoms with E-state index in [0.29, 0.717) is 6.54 Å². The Morgan fingerprint density at radius 2 is 1.90 bits per heavy atom. The molecule has 0 aliphatic carbocycles. The third kappa shape index (κ3) is 3.61. The number of hydrogen-bond donors (Lipinski definition) is 1. The van der Waals surface area contributed by atoms with Gasteiger partial charge in [-0.2, -0.15) is 0 Å². The Balaban J connectivity index is 2.23. The summed E-state index contributed by atoms with van der Waals surface area (Å²) in [7, 11) is 1.37. The van der Waals surface area contributed by atoms with Crippen molar-refractivity contribution in [2.45, 2.75) is 31.6 Å². The van der Waals surface area contributed by atoms with Crippen LogP contribution < -0.4 is 5.73 Å². The van der Waals surface area contributed by atoms with Crippen molar-refractivity contribution in [2.75, 3.05) is 26.7 Å². The van der Waals surface area contributed by atoms with Gasteiger partial charge in [0.2, 0.25) is 0 Å². The molecule has 21 heavy (non-hydrogen) atoms. The SMILES string of the molecule is COC(=O)C(N)(CN1C[C@@H](C)O[C@@H](C)C1)c1ccccc1. The van der Waals surface area contributed by atoms with E-state index in [2.05, 4.69) is 4.90 Å². The van der Waals surface area contributed by atoms with E-state index in [4.69, 9.17) is 15.2 Å². The molecule has 1 aliphatic heterocycles. The molecule has 5 heteroatoms. The fraction of sp³-hybridized carbons (Fsp3) is 0.562. The molecule has 1 aliphatic rings. The zero-order chi connectivity index (χ0) is 15.5. The molecular formula is C16H24N2O3. The lowest BCUT2D eigenvalue weighted by molar-refractivity contribution is -0.150. The first-order chi connectivity index (χ1) is 9.95. The minimum Gasteiger partial charge on any atom is -0.467 e. The van der Waals surface area contributed by atoms with E-state index < -0.39 is 11.5 Å². The summed E-state index contributed by atoms with van der Waals surface area (Å²) in [5, 5.41) is 0. The second-order valence-corrected chi connectivity index (χ2v) is 5.78. The van der Waals surface area contributed by atoms with Crippen molar-refractivity contribution in [3.63, 3.8) is 0 Å². The number of benzene rings is 1. The molecule has 1 aromatic rings. The zero-order valence-electron chi connectivity index (χ0n) is 12.9. The molecule has 2 rings (SSSR count). The zero-order valence-corrected chi connectivity index (χ0v) is 12.9. The first-order valence-corrected chi connectivity index (χ1v) is 7.26. The van der Waals surface area contributed by atoms with Crippen LogP contribution in [0.15, 0.2) is 30.3 Å². The average molecular weight is 292 g/mol. The van der Waals surface area contributed by atoms with Gasteiger partial charge in [0.25, 0.3) is 0 Å². The smallest absolute Gasteiger partial charge is 0.331 e. The Bertz CT molecular complexity index is 470. The van der Waals surface area contributed by atoms with Crippen LogP contribution in [0.25, 0.3) is 0 Å². The molecular weight excluding hydrogens is 268 g/mol. The lowest BCUT2D eigenvalue weighted by Gasteiger charge is -2.39. The molecule has 0 aromatic heterocycles. The van der Waals surface area contributed by atoms with E-state index in [9.17, 15) is 4.79 Å². The summed E-state index contributed by atoms with van der Waals surface area (Å²) in [6, 6.07) is 9.39. The summed E-state index contributed by atoms with van der Waals surface area (Å²) in [5.41, 5.74) is 6.05. The van der Waals surface area contributed by atoms with Crippen LogP contribution in [0, 0.1) is 0 Å². The van der Waals surface area contributed by atoms with Crippen molar-refractivity contribution in [3.8, 4) is 0 Å². The third-order valence-electron chi connectivity index (χ3n) is 3.81. The molecule has 0 amide bonds. The standard InChI is InChI=1S/C16H24N2O3/c1-12-9-18(10-13(2)21-12)11-16(17,15(19)20-3)14-7-5-4-6-8-14/h4-8,12-13H,9-11,17H2,1-3H3/t12-,13+,16?. The van der Waals surface area contributed by atoms with Gasteiger partial charge in [-0.15, -0.1) is 0 Å². The minimum atomic E-state index is -1.16. The van der Waals surface area contributed by atoms with Crippen molar-refractivity contribution in [1.29, 1.82) is 0 Å². The number of nitrogens with two attached hydrogens (primary N) is 1. The van der Waals surface area contributed by atoms with Crippen LogP contribution in [0.5, 0.6) is 0 Å². The molecule has 1 fully saturated rings. The van der Waals surface area contributed by atoms with Crippen LogP contribution in [0.4, 0.5) is 0 Å². The molecule has 5 nitrogen and oxygen atoms in total. The number of methoxy groups -OCH3 is 1. The summed E-state index contributed by atoms with van der Waals surface area (Å²) in [5.74, 6) is -0.416. The van der Waals surface area contributed by atoms with Gasteiger partial charge in [0.15, 0.2) is 5.54 Å². The highest BCUT2D eigenvalue weighted by Gasteiger charge is 2.40. The molecule has 0 saturated carbocycles. The minimum absolute atomic E-state index is 0.131. The van der Waals surface area contributed by atoms with Crippen LogP contribution >= 0.6 is 0 Å². The molecule has 116 valence electrons. The predicted octanol–water partition coefficient (Wildman–Crippen LogP) is 1.12. The van der Waals surface area contributed by atoms with Gasteiger partial charge in [-0.05, 0) is 19.4 Å². The molecule has 2 N–H and O–H groups in total. The molecule has 1 aromatic carbocycles. The van der Waals surface area contributed by atoms with E-state index in [1.165, 1.54) is 7.11 Å². The normalized spacial score (nSPS) is 26.1. The van der Waals surface area contributed by atoms with Gasteiger partial charge in [-0.1, -0.05) is 30.3 Å². The Morgan fingerprint density at radius 3 is 2.43 bits per heavy atom. The summed E-state index contributed by atoms with van der Waals surface area (Å²) in [4.78, 5) is 14.4. The summed E-state index contributed by atoms with van der Waals surface area (Å²) in [6.45, 7) is 5.99. The maximum absolute atomic E-state index is 12.3. The first-order valence-electron chi connectivity index (χ1n) is 7.26. The second-order valence-electron chi connectivity index (χ2n) is 5.78. The van der Waals surface area contributed by atoms with Gasteiger partial charge < -0.3 is 15.2 Å². The van der Waals surface area contributed by atoms with Gasteiger partial charge in [0.1, 0.15) is 0 Å². The quantitative estimate of drug-likeness (QED) is 0.843. The molecule has 1 saturated heterocycles. The predicted molar refractivity (Wildman–Crippen MR) is 80.8 cm³/mol. The summed E-state index contributed by atoms with van der Waals surface area (Å²) >= 11 is 0. The van der Waals surface area contributed by atoms with Gasteiger partial charge in [0, 0.05) is 19.6 Å². The number of morpholine rings is 1. The molecule has 1 unspecified atom stereocenters. The van der Waals surface area contributed by atoms with Crippen LogP contribution in [-0.4, -0.2) is 49.8 Å². The maximum atomic E-state index is 12.3. The molecule has 0 spiro atoms. The van der Waals surface area contributed by atoms with E-state index >= 15 is 0 Å². The number of rotatable bonds is 4. The Labute approximate surface area is 126 Å². The lowest BCUT2D eigenvalue weighted by atomic mass is 9.90. The van der Waals surface area contributed by atoms with Gasteiger partial charge in [-0.3, -0.25) is 4.90 Å². The van der Waals surface area contributed by atoms with Gasteiger partial charge >= 0.3 is 5.97 Å². The fourth-order valence-corrected chi connectivity index (χ4v) is 2.96. The summed E-state index contributed by atoms with van der Waals surface area (Å²) in [6.07, 6.45) is 0.262. The average Bonchev–Trinajstić information content (AvgIpc) is 2.46. The van der Waals surface area contributed by atoms with Crippen molar-refractivity contribution < 1.29 is 14.3 Å². The highest BCUT2D eigenvalue weighted by molar-refractivity contribution is 5.82. The van der Waals surface area contributed by atoms with E-state index in [1.54, 1.807) is 0 Å². The fourth-order valence-electron chi connectivity index (χ4n) is 2.96. The number of carbonyl (C=O) groups excluding carboxylic acids is 1. The third-order valence-corrected chi connectivity index (χ3v) is 3.81. The monoisotopic (exact) mass is 292 g/mol. The Hall–Kier alpha value is -1.43. The van der Waals surface area contributed by atoms with Crippen LogP contribution in [-0.2, 0) is 19.8 Å². The van der Waals surface area contributed by atoms with E-state index in [-0.39, 0.29) is 12.2 Å². The molecule has 0 bridgehead atoms. The highest BCUT2D eigenvalue weighted by atomic mass is 16.5. The van der Waals surface area contributed by atoms with E-state index in [0.717, 1.165) is 18.7 Å². The van der Waals surface area contributed by atoms with Crippen molar-refractivity contribution in [3.05, 3.63) is 35.9 Å². The highest BCUT2D eigenvalue weighted by Crippen LogP contribution is 2.23. The van der Waals surface area contributed by atoms with E-state index in [1.807, 2.05) is 44.2 Å². The van der Waals surface area contributed by atoms with Gasteiger partial charge in [-0.25, -0.2) is 4.79 Å². The second kappa shape index (κ2) is 6.56. The first kappa shape index (κ1) is 15.9. The van der Waals surface area contributed by atoms with Gasteiger partial charge in [0.05, 0.1) is 19.3 Å². The number of hydrogen-bond acceptors (Lipinski definition) is 5. The topological polar surface area (TPSA) is 64.8 Å². The van der Waals surface area contributed by atoms with Crippen LogP contribution in [0.3, 0.4) is 0 Å². The number of esters is 1. The molecule has 1 heterocycles. The summed E-state index contributed by atoms with van der Waals surface area (Å²) < 4.78 is 10.7. The molecule has 3 atom stereocenters. The number of nitrogens with zero attached hydrogens (tertiary/aromatic N) is 1. The van der Waals surface area contributed by atoms with Crippen molar-refractivity contribution in [2.24, 2.45) is 5.73 Å². The maximum Gasteiger partial charge on any atom is 0.331 e.